The average Bonchev–Trinajstić information content (AvgIpc) is 3.59. The van der Waals surface area contributed by atoms with Crippen LogP contribution in [0.3, 0.4) is 0 Å². The van der Waals surface area contributed by atoms with Crippen LogP contribution in [0.1, 0.15) is 33.8 Å². The van der Waals surface area contributed by atoms with Crippen LogP contribution in [0.25, 0.3) is 5.69 Å². The second-order valence-electron chi connectivity index (χ2n) is 7.50. The van der Waals surface area contributed by atoms with Crippen LogP contribution in [-0.2, 0) is 6.61 Å². The van der Waals surface area contributed by atoms with Gasteiger partial charge in [0.15, 0.2) is 11.5 Å². The number of fused-ring (bicyclic) bond motifs is 1. The minimum absolute atomic E-state index is 0.0943. The van der Waals surface area contributed by atoms with Gasteiger partial charge in [0.05, 0.1) is 10.9 Å². The van der Waals surface area contributed by atoms with Crippen molar-refractivity contribution in [1.29, 1.82) is 0 Å². The number of carbonyl (C=O) groups is 1. The van der Waals surface area contributed by atoms with Gasteiger partial charge in [-0.15, -0.1) is 11.3 Å². The number of nitrogens with zero attached hydrogens (tertiary/aromatic N) is 1. The summed E-state index contributed by atoms with van der Waals surface area (Å²) in [5.41, 5.74) is 3.06. The molecule has 0 bridgehead atoms. The molecule has 0 spiro atoms. The van der Waals surface area contributed by atoms with Gasteiger partial charge in [-0.05, 0) is 60.3 Å². The molecular weight excluding hydrogens is 424 g/mol. The van der Waals surface area contributed by atoms with Crippen LogP contribution in [0.15, 0.2) is 78.4 Å². The van der Waals surface area contributed by atoms with E-state index in [1.807, 2.05) is 83.9 Å². The first kappa shape index (κ1) is 20.2. The number of hydrogen-bond acceptors (Lipinski definition) is 5. The molecule has 2 aromatic heterocycles. The molecule has 3 heterocycles. The molecule has 1 atom stereocenters. The summed E-state index contributed by atoms with van der Waals surface area (Å²) < 4.78 is 18.6. The summed E-state index contributed by atoms with van der Waals surface area (Å²) in [6, 6.07) is 19.4. The van der Waals surface area contributed by atoms with Gasteiger partial charge >= 0.3 is 0 Å². The van der Waals surface area contributed by atoms with Gasteiger partial charge < -0.3 is 24.1 Å². The molecule has 1 amide bonds. The predicted octanol–water partition coefficient (Wildman–Crippen LogP) is 5.34. The van der Waals surface area contributed by atoms with Crippen LogP contribution in [0, 0.1) is 0 Å². The lowest BCUT2D eigenvalue weighted by molar-refractivity contribution is 0.0944. The fraction of sp³-hybridized carbons (Fsp3) is 0.160. The highest BCUT2D eigenvalue weighted by molar-refractivity contribution is 7.12. The molecule has 5 rings (SSSR count). The molecule has 2 aromatic carbocycles. The number of rotatable bonds is 7. The van der Waals surface area contributed by atoms with Gasteiger partial charge in [-0.3, -0.25) is 4.79 Å². The molecule has 4 aromatic rings. The van der Waals surface area contributed by atoms with Crippen molar-refractivity contribution >= 4 is 17.2 Å². The Bertz CT molecular complexity index is 1230. The second-order valence-corrected chi connectivity index (χ2v) is 8.41. The predicted molar refractivity (Wildman–Crippen MR) is 123 cm³/mol. The normalized spacial score (nSPS) is 13.0. The fourth-order valence-corrected chi connectivity index (χ4v) is 4.32. The number of carbonyl (C=O) groups excluding carboxylic acids is 1. The molecule has 0 fully saturated rings. The molecule has 32 heavy (non-hydrogen) atoms. The van der Waals surface area contributed by atoms with Crippen molar-refractivity contribution in [1.82, 2.24) is 9.88 Å². The Morgan fingerprint density at radius 3 is 2.81 bits per heavy atom. The fourth-order valence-electron chi connectivity index (χ4n) is 3.52. The van der Waals surface area contributed by atoms with Crippen LogP contribution in [0.2, 0.25) is 0 Å². The standard InChI is InChI=1S/C25H22N2O4S/c1-17(19-5-4-6-20(12-19)27-9-2-3-10-27)26-25(28)24-11-18(15-32-24)14-29-21-7-8-22-23(13-21)31-16-30-22/h2-13,15,17H,14,16H2,1H3,(H,26,28). The van der Waals surface area contributed by atoms with E-state index in [0.29, 0.717) is 23.0 Å². The molecule has 0 aliphatic carbocycles. The highest BCUT2D eigenvalue weighted by Crippen LogP contribution is 2.35. The zero-order valence-electron chi connectivity index (χ0n) is 17.5. The van der Waals surface area contributed by atoms with Gasteiger partial charge in [0.25, 0.3) is 5.91 Å². The third-order valence-electron chi connectivity index (χ3n) is 5.25. The number of amides is 1. The molecule has 6 nitrogen and oxygen atoms in total. The minimum atomic E-state index is -0.117. The molecule has 0 radical (unpaired) electrons. The monoisotopic (exact) mass is 446 g/mol. The van der Waals surface area contributed by atoms with E-state index in [0.717, 1.165) is 22.6 Å². The van der Waals surface area contributed by atoms with Gasteiger partial charge in [-0.1, -0.05) is 12.1 Å². The molecule has 162 valence electrons. The third kappa shape index (κ3) is 4.33. The van der Waals surface area contributed by atoms with Crippen molar-refractivity contribution in [3.8, 4) is 22.9 Å². The van der Waals surface area contributed by atoms with E-state index in [4.69, 9.17) is 14.2 Å². The smallest absolute Gasteiger partial charge is 0.261 e. The van der Waals surface area contributed by atoms with Crippen molar-refractivity contribution in [2.75, 3.05) is 6.79 Å². The van der Waals surface area contributed by atoms with E-state index in [2.05, 4.69) is 11.4 Å². The quantitative estimate of drug-likeness (QED) is 0.416. The number of hydrogen-bond donors (Lipinski definition) is 1. The molecule has 1 N–H and O–H groups in total. The number of ether oxygens (including phenoxy) is 3. The summed E-state index contributed by atoms with van der Waals surface area (Å²) in [4.78, 5) is 13.4. The van der Waals surface area contributed by atoms with Gasteiger partial charge in [-0.25, -0.2) is 0 Å². The Morgan fingerprint density at radius 2 is 1.94 bits per heavy atom. The lowest BCUT2D eigenvalue weighted by atomic mass is 10.1. The summed E-state index contributed by atoms with van der Waals surface area (Å²) in [5.74, 6) is 2.01. The first-order chi connectivity index (χ1) is 15.7. The molecular formula is C25H22N2O4S. The van der Waals surface area contributed by atoms with E-state index >= 15 is 0 Å². The maximum Gasteiger partial charge on any atom is 0.261 e. The van der Waals surface area contributed by atoms with Crippen LogP contribution in [0.5, 0.6) is 17.2 Å². The van der Waals surface area contributed by atoms with Gasteiger partial charge in [0.2, 0.25) is 6.79 Å². The van der Waals surface area contributed by atoms with Gasteiger partial charge in [0, 0.05) is 29.7 Å². The van der Waals surface area contributed by atoms with Crippen molar-refractivity contribution in [3.05, 3.63) is 94.4 Å². The second kappa shape index (κ2) is 8.80. The van der Waals surface area contributed by atoms with Crippen LogP contribution in [0.4, 0.5) is 0 Å². The Hall–Kier alpha value is -3.71. The van der Waals surface area contributed by atoms with Crippen molar-refractivity contribution < 1.29 is 19.0 Å². The lowest BCUT2D eigenvalue weighted by Gasteiger charge is -2.15. The summed E-state index contributed by atoms with van der Waals surface area (Å²) in [6.45, 7) is 2.60. The van der Waals surface area contributed by atoms with Crippen molar-refractivity contribution in [2.24, 2.45) is 0 Å². The Morgan fingerprint density at radius 1 is 1.09 bits per heavy atom. The largest absolute Gasteiger partial charge is 0.489 e. The summed E-state index contributed by atoms with van der Waals surface area (Å²) in [5, 5.41) is 5.04. The zero-order valence-corrected chi connectivity index (χ0v) is 18.3. The minimum Gasteiger partial charge on any atom is -0.489 e. The lowest BCUT2D eigenvalue weighted by Crippen LogP contribution is -2.26. The Kier molecular flexibility index (Phi) is 5.56. The highest BCUT2D eigenvalue weighted by atomic mass is 32.1. The van der Waals surface area contributed by atoms with E-state index in [1.54, 1.807) is 0 Å². The topological polar surface area (TPSA) is 61.7 Å². The van der Waals surface area contributed by atoms with E-state index in [-0.39, 0.29) is 18.7 Å². The molecule has 1 aliphatic heterocycles. The zero-order chi connectivity index (χ0) is 21.9. The number of benzene rings is 2. The molecule has 1 aliphatic rings. The summed E-state index contributed by atoms with van der Waals surface area (Å²) in [6.07, 6.45) is 4.00. The average molecular weight is 447 g/mol. The molecule has 0 saturated heterocycles. The van der Waals surface area contributed by atoms with E-state index in [1.165, 1.54) is 11.3 Å². The molecule has 0 saturated carbocycles. The van der Waals surface area contributed by atoms with Crippen LogP contribution < -0.4 is 19.5 Å². The maximum absolute atomic E-state index is 12.8. The Labute approximate surface area is 190 Å². The van der Waals surface area contributed by atoms with Gasteiger partial charge in [-0.2, -0.15) is 0 Å². The molecule has 1 unspecified atom stereocenters. The first-order valence-electron chi connectivity index (χ1n) is 10.3. The van der Waals surface area contributed by atoms with E-state index in [9.17, 15) is 4.79 Å². The summed E-state index contributed by atoms with van der Waals surface area (Å²) >= 11 is 1.41. The third-order valence-corrected chi connectivity index (χ3v) is 6.23. The van der Waals surface area contributed by atoms with Crippen molar-refractivity contribution in [3.63, 3.8) is 0 Å². The SMILES string of the molecule is CC(NC(=O)c1cc(COc2ccc3c(c2)OCO3)cs1)c1cccc(-n2cccc2)c1. The maximum atomic E-state index is 12.8. The van der Waals surface area contributed by atoms with Gasteiger partial charge in [0.1, 0.15) is 12.4 Å². The Balaban J connectivity index is 1.20. The highest BCUT2D eigenvalue weighted by Gasteiger charge is 2.16. The van der Waals surface area contributed by atoms with Crippen LogP contribution >= 0.6 is 11.3 Å². The number of nitrogens with one attached hydrogen (secondary N) is 1. The summed E-state index contributed by atoms with van der Waals surface area (Å²) in [7, 11) is 0. The first-order valence-corrected chi connectivity index (χ1v) is 11.2. The van der Waals surface area contributed by atoms with Crippen molar-refractivity contribution in [2.45, 2.75) is 19.6 Å². The molecule has 7 heteroatoms. The van der Waals surface area contributed by atoms with E-state index < -0.39 is 0 Å². The number of aromatic nitrogens is 1. The van der Waals surface area contributed by atoms with Crippen LogP contribution in [-0.4, -0.2) is 17.3 Å². The number of thiophene rings is 1.